The Labute approximate surface area is 88.2 Å². The van der Waals surface area contributed by atoms with Gasteiger partial charge in [-0.15, -0.1) is 0 Å². The monoisotopic (exact) mass is 221 g/mol. The van der Waals surface area contributed by atoms with Crippen LogP contribution in [0, 0.1) is 0 Å². The zero-order valence-corrected chi connectivity index (χ0v) is 8.61. The van der Waals surface area contributed by atoms with E-state index < -0.39 is 36.6 Å². The lowest BCUT2D eigenvalue weighted by Crippen LogP contribution is -2.67. The molecule has 0 heterocycles. The highest BCUT2D eigenvalue weighted by Crippen LogP contribution is 2.21. The molecule has 0 aliphatic heterocycles. The summed E-state index contributed by atoms with van der Waals surface area (Å²) in [6.45, 7) is 2.46. The molecule has 0 amide bonds. The van der Waals surface area contributed by atoms with Crippen molar-refractivity contribution in [3.8, 4) is 0 Å². The number of rotatable bonds is 3. The molecule has 0 aromatic rings. The van der Waals surface area contributed by atoms with Gasteiger partial charge in [0.1, 0.15) is 30.5 Å². The summed E-state index contributed by atoms with van der Waals surface area (Å²) >= 11 is 0. The summed E-state index contributed by atoms with van der Waals surface area (Å²) in [6.07, 6.45) is -6.19. The number of aliphatic hydroxyl groups excluding tert-OH is 5. The van der Waals surface area contributed by atoms with Crippen LogP contribution in [-0.2, 0) is 0 Å². The molecule has 2 unspecified atom stereocenters. The molecule has 6 heteroatoms. The maximum atomic E-state index is 9.58. The Balaban J connectivity index is 2.68. The Hall–Kier alpha value is -0.240. The first-order valence-electron chi connectivity index (χ1n) is 5.14. The SMILES string of the molecule is CCCNC1[C@@H](O)[C@@H](O)C(O)[C@H](O)[C@H]1O. The molecule has 6 atom stereocenters. The van der Waals surface area contributed by atoms with E-state index >= 15 is 0 Å². The van der Waals surface area contributed by atoms with Gasteiger partial charge in [0, 0.05) is 0 Å². The second-order valence-electron chi connectivity index (χ2n) is 3.93. The van der Waals surface area contributed by atoms with Crippen LogP contribution in [0.4, 0.5) is 0 Å². The van der Waals surface area contributed by atoms with Crippen molar-refractivity contribution in [1.82, 2.24) is 5.32 Å². The molecule has 0 radical (unpaired) electrons. The summed E-state index contributed by atoms with van der Waals surface area (Å²) in [6, 6.07) is -0.821. The van der Waals surface area contributed by atoms with Crippen LogP contribution in [0.25, 0.3) is 0 Å². The molecule has 15 heavy (non-hydrogen) atoms. The number of hydrogen-bond acceptors (Lipinski definition) is 6. The molecule has 6 nitrogen and oxygen atoms in total. The predicted octanol–water partition coefficient (Wildman–Crippen LogP) is -2.83. The van der Waals surface area contributed by atoms with Crippen molar-refractivity contribution < 1.29 is 25.5 Å². The van der Waals surface area contributed by atoms with E-state index in [9.17, 15) is 25.5 Å². The molecule has 0 aromatic carbocycles. The molecule has 90 valence electrons. The normalized spacial score (nSPS) is 46.8. The van der Waals surface area contributed by atoms with E-state index in [1.165, 1.54) is 0 Å². The molecule has 1 aliphatic carbocycles. The molecule has 1 aliphatic rings. The predicted molar refractivity (Wildman–Crippen MR) is 52.1 cm³/mol. The molecule has 0 spiro atoms. The summed E-state index contributed by atoms with van der Waals surface area (Å²) in [7, 11) is 0. The summed E-state index contributed by atoms with van der Waals surface area (Å²) < 4.78 is 0. The van der Waals surface area contributed by atoms with Gasteiger partial charge in [-0.25, -0.2) is 0 Å². The van der Waals surface area contributed by atoms with E-state index in [1.54, 1.807) is 0 Å². The maximum absolute atomic E-state index is 9.58. The fourth-order valence-corrected chi connectivity index (χ4v) is 1.79. The van der Waals surface area contributed by atoms with Crippen LogP contribution in [0.1, 0.15) is 13.3 Å². The number of aliphatic hydroxyl groups is 5. The van der Waals surface area contributed by atoms with Crippen molar-refractivity contribution in [3.63, 3.8) is 0 Å². The fourth-order valence-electron chi connectivity index (χ4n) is 1.79. The highest BCUT2D eigenvalue weighted by Gasteiger charge is 2.47. The van der Waals surface area contributed by atoms with E-state index in [0.717, 1.165) is 6.42 Å². The van der Waals surface area contributed by atoms with Crippen LogP contribution in [0.5, 0.6) is 0 Å². The van der Waals surface area contributed by atoms with Crippen molar-refractivity contribution >= 4 is 0 Å². The third-order valence-electron chi connectivity index (χ3n) is 2.77. The lowest BCUT2D eigenvalue weighted by Gasteiger charge is -2.42. The van der Waals surface area contributed by atoms with Crippen molar-refractivity contribution in [1.29, 1.82) is 0 Å². The average molecular weight is 221 g/mol. The van der Waals surface area contributed by atoms with Gasteiger partial charge in [-0.1, -0.05) is 6.92 Å². The highest BCUT2D eigenvalue weighted by atomic mass is 16.4. The first-order chi connectivity index (χ1) is 7.00. The van der Waals surface area contributed by atoms with E-state index in [4.69, 9.17) is 0 Å². The largest absolute Gasteiger partial charge is 0.389 e. The lowest BCUT2D eigenvalue weighted by atomic mass is 9.83. The summed E-state index contributed by atoms with van der Waals surface area (Å²) in [4.78, 5) is 0. The summed E-state index contributed by atoms with van der Waals surface area (Å²) in [5, 5.41) is 50.0. The standard InChI is InChI=1S/C9H19NO5/c1-2-3-10-4-5(11)7(13)9(15)8(14)6(4)12/h4-15H,2-3H2,1H3/t4?,5-,6+,7-,8-,9?/m1/s1. The zero-order chi connectivity index (χ0) is 11.6. The maximum Gasteiger partial charge on any atom is 0.111 e. The van der Waals surface area contributed by atoms with E-state index in [0.29, 0.717) is 6.54 Å². The van der Waals surface area contributed by atoms with Gasteiger partial charge >= 0.3 is 0 Å². The third kappa shape index (κ3) is 2.47. The number of hydrogen-bond donors (Lipinski definition) is 6. The van der Waals surface area contributed by atoms with Gasteiger partial charge in [-0.05, 0) is 13.0 Å². The molecule has 1 rings (SSSR count). The third-order valence-corrected chi connectivity index (χ3v) is 2.77. The van der Waals surface area contributed by atoms with Crippen molar-refractivity contribution in [3.05, 3.63) is 0 Å². The minimum atomic E-state index is -1.52. The molecule has 0 bridgehead atoms. The second-order valence-corrected chi connectivity index (χ2v) is 3.93. The van der Waals surface area contributed by atoms with Crippen LogP contribution in [0.15, 0.2) is 0 Å². The molecular weight excluding hydrogens is 202 g/mol. The fraction of sp³-hybridized carbons (Fsp3) is 1.00. The molecule has 0 saturated heterocycles. The van der Waals surface area contributed by atoms with Gasteiger partial charge in [0.15, 0.2) is 0 Å². The van der Waals surface area contributed by atoms with Crippen molar-refractivity contribution in [2.24, 2.45) is 0 Å². The van der Waals surface area contributed by atoms with Gasteiger partial charge in [0.05, 0.1) is 6.04 Å². The van der Waals surface area contributed by atoms with Crippen LogP contribution < -0.4 is 5.32 Å². The van der Waals surface area contributed by atoms with Gasteiger partial charge in [-0.2, -0.15) is 0 Å². The number of nitrogens with one attached hydrogen (secondary N) is 1. The summed E-state index contributed by atoms with van der Waals surface area (Å²) in [5.74, 6) is 0. The molecule has 1 saturated carbocycles. The Morgan fingerprint density at radius 2 is 1.20 bits per heavy atom. The van der Waals surface area contributed by atoms with Gasteiger partial charge < -0.3 is 30.8 Å². The average Bonchev–Trinajstić information content (AvgIpc) is 2.24. The Kier molecular flexibility index (Phi) is 4.45. The second kappa shape index (κ2) is 5.20. The van der Waals surface area contributed by atoms with Crippen LogP contribution in [0.3, 0.4) is 0 Å². The van der Waals surface area contributed by atoms with Gasteiger partial charge in [0.25, 0.3) is 0 Å². The van der Waals surface area contributed by atoms with Crippen LogP contribution in [-0.4, -0.2) is 68.6 Å². The lowest BCUT2D eigenvalue weighted by molar-refractivity contribution is -0.190. The highest BCUT2D eigenvalue weighted by molar-refractivity contribution is 5.01. The summed E-state index contributed by atoms with van der Waals surface area (Å²) in [5.41, 5.74) is 0. The molecule has 6 N–H and O–H groups in total. The first kappa shape index (κ1) is 12.8. The van der Waals surface area contributed by atoms with E-state index in [2.05, 4.69) is 5.32 Å². The Morgan fingerprint density at radius 1 is 0.800 bits per heavy atom. The smallest absolute Gasteiger partial charge is 0.111 e. The van der Waals surface area contributed by atoms with E-state index in [-0.39, 0.29) is 0 Å². The topological polar surface area (TPSA) is 113 Å². The first-order valence-corrected chi connectivity index (χ1v) is 5.14. The molecule has 1 fully saturated rings. The van der Waals surface area contributed by atoms with Crippen LogP contribution in [0.2, 0.25) is 0 Å². The quantitative estimate of drug-likeness (QED) is 0.306. The molecular formula is C9H19NO5. The Bertz CT molecular complexity index is 187. The van der Waals surface area contributed by atoms with Crippen molar-refractivity contribution in [2.75, 3.05) is 6.54 Å². The van der Waals surface area contributed by atoms with E-state index in [1.807, 2.05) is 6.92 Å². The minimum absolute atomic E-state index is 0.550. The Morgan fingerprint density at radius 3 is 1.60 bits per heavy atom. The van der Waals surface area contributed by atoms with Crippen molar-refractivity contribution in [2.45, 2.75) is 49.9 Å². The van der Waals surface area contributed by atoms with Gasteiger partial charge in [0.2, 0.25) is 0 Å². The van der Waals surface area contributed by atoms with Crippen LogP contribution >= 0.6 is 0 Å². The minimum Gasteiger partial charge on any atom is -0.389 e. The van der Waals surface area contributed by atoms with Gasteiger partial charge in [-0.3, -0.25) is 0 Å². The zero-order valence-electron chi connectivity index (χ0n) is 8.61. The molecule has 0 aromatic heterocycles.